The van der Waals surface area contributed by atoms with E-state index in [1.165, 1.54) is 64.2 Å². The van der Waals surface area contributed by atoms with Gasteiger partial charge in [0.25, 0.3) is 5.91 Å². The molecule has 4 aromatic rings. The Kier molecular flexibility index (Phi) is 18.6. The number of halogens is 5. The summed E-state index contributed by atoms with van der Waals surface area (Å²) in [5.41, 5.74) is 3.12. The summed E-state index contributed by atoms with van der Waals surface area (Å²) in [7, 11) is 0. The first-order chi connectivity index (χ1) is 29.1. The summed E-state index contributed by atoms with van der Waals surface area (Å²) in [4.78, 5) is 15.3. The van der Waals surface area contributed by atoms with Crippen LogP contribution in [0.25, 0.3) is 11.1 Å². The highest BCUT2D eigenvalue weighted by Gasteiger charge is 2.39. The van der Waals surface area contributed by atoms with E-state index in [0.29, 0.717) is 11.1 Å². The van der Waals surface area contributed by atoms with E-state index in [2.05, 4.69) is 31.0 Å². The van der Waals surface area contributed by atoms with Gasteiger partial charge in [-0.05, 0) is 53.7 Å². The van der Waals surface area contributed by atoms with Gasteiger partial charge in [-0.25, -0.2) is 22.0 Å². The zero-order valence-electron chi connectivity index (χ0n) is 35.3. The van der Waals surface area contributed by atoms with Gasteiger partial charge in [0.05, 0.1) is 18.8 Å². The number of amides is 1. The third kappa shape index (κ3) is 12.5. The van der Waals surface area contributed by atoms with Crippen molar-refractivity contribution in [3.8, 4) is 11.1 Å². The van der Waals surface area contributed by atoms with E-state index < -0.39 is 46.8 Å². The Hall–Kier alpha value is -4.16. The Labute approximate surface area is 352 Å². The van der Waals surface area contributed by atoms with Gasteiger partial charge < -0.3 is 24.8 Å². The van der Waals surface area contributed by atoms with Gasteiger partial charge in [-0.1, -0.05) is 158 Å². The molecule has 1 amide bonds. The molecular weight excluding hydrogens is 776 g/mol. The van der Waals surface area contributed by atoms with Crippen LogP contribution in [0.1, 0.15) is 143 Å². The smallest absolute Gasteiger partial charge is 0.257 e. The van der Waals surface area contributed by atoms with Gasteiger partial charge in [0.15, 0.2) is 29.6 Å². The number of hydrogen-bond donors (Lipinski definition) is 2. The molecule has 2 N–H and O–H groups in total. The molecule has 1 heterocycles. The Morgan fingerprint density at radius 1 is 0.667 bits per heavy atom. The second kappa shape index (κ2) is 23.7. The van der Waals surface area contributed by atoms with Crippen molar-refractivity contribution in [1.29, 1.82) is 0 Å². The van der Waals surface area contributed by atoms with Crippen molar-refractivity contribution < 1.29 is 41.3 Å². The van der Waals surface area contributed by atoms with E-state index >= 15 is 0 Å². The SMILES string of the molecule is CCCCCCCCN(CCCCCCCC)CC1OC(c2ccc(-c3ccccc3CNC(=O)c3c(F)c(F)c(F)c(F)c3F)cc2)OC(c2ccc(CO)cc2)C1C. The molecule has 0 spiro atoms. The number of ether oxygens (including phenoxy) is 2. The first-order valence-electron chi connectivity index (χ1n) is 21.8. The molecule has 0 aliphatic carbocycles. The minimum Gasteiger partial charge on any atom is -0.392 e. The highest BCUT2D eigenvalue weighted by molar-refractivity contribution is 5.95. The third-order valence-corrected chi connectivity index (χ3v) is 11.6. The Balaban J connectivity index is 1.34. The minimum atomic E-state index is -2.33. The Bertz CT molecular complexity index is 1900. The van der Waals surface area contributed by atoms with Gasteiger partial charge in [-0.3, -0.25) is 4.79 Å². The molecule has 4 unspecified atom stereocenters. The molecule has 1 saturated heterocycles. The zero-order chi connectivity index (χ0) is 43.0. The second-order valence-electron chi connectivity index (χ2n) is 16.1. The van der Waals surface area contributed by atoms with Crippen LogP contribution in [0.15, 0.2) is 72.8 Å². The standard InChI is InChI=1S/C49H61F5N2O4/c1-4-6-8-10-12-16-28-56(29-17-13-11-9-7-5-2)31-40-33(3)47(36-22-20-34(32-57)21-23-36)60-49(59-40)37-26-24-35(25-27-37)39-19-15-14-18-38(39)30-55-48(58)41-42(50)44(52)46(54)45(53)43(41)51/h14-15,18-27,33,40,47,49,57H,4-13,16-17,28-32H2,1-3H3,(H,55,58). The number of rotatable bonds is 23. The Morgan fingerprint density at radius 3 is 1.78 bits per heavy atom. The predicted octanol–water partition coefficient (Wildman–Crippen LogP) is 12.3. The van der Waals surface area contributed by atoms with Crippen molar-refractivity contribution in [2.24, 2.45) is 5.92 Å². The summed E-state index contributed by atoms with van der Waals surface area (Å²) in [6.45, 7) is 9.19. The van der Waals surface area contributed by atoms with E-state index in [1.807, 2.05) is 54.6 Å². The lowest BCUT2D eigenvalue weighted by molar-refractivity contribution is -0.276. The average molecular weight is 837 g/mol. The number of aliphatic hydroxyl groups is 1. The van der Waals surface area contributed by atoms with Crippen LogP contribution < -0.4 is 5.32 Å². The van der Waals surface area contributed by atoms with Crippen LogP contribution in [-0.4, -0.2) is 41.7 Å². The van der Waals surface area contributed by atoms with Crippen molar-refractivity contribution in [3.05, 3.63) is 130 Å². The molecule has 6 nitrogen and oxygen atoms in total. The van der Waals surface area contributed by atoms with Crippen molar-refractivity contribution in [1.82, 2.24) is 10.2 Å². The van der Waals surface area contributed by atoms with Crippen molar-refractivity contribution in [3.63, 3.8) is 0 Å². The first-order valence-corrected chi connectivity index (χ1v) is 21.8. The molecule has 11 heteroatoms. The van der Waals surface area contributed by atoms with Gasteiger partial charge in [-0.2, -0.15) is 0 Å². The number of benzene rings is 4. The third-order valence-electron chi connectivity index (χ3n) is 11.6. The molecule has 326 valence electrons. The van der Waals surface area contributed by atoms with Crippen LogP contribution >= 0.6 is 0 Å². The molecule has 5 rings (SSSR count). The molecule has 1 aliphatic rings. The van der Waals surface area contributed by atoms with Crippen LogP contribution in [0, 0.1) is 35.0 Å². The van der Waals surface area contributed by atoms with Crippen molar-refractivity contribution >= 4 is 5.91 Å². The number of carbonyl (C=O) groups excluding carboxylic acids is 1. The quantitative estimate of drug-likeness (QED) is 0.0337. The monoisotopic (exact) mass is 836 g/mol. The van der Waals surface area contributed by atoms with Gasteiger partial charge in [0, 0.05) is 24.6 Å². The fraction of sp³-hybridized carbons (Fsp3) is 0.490. The maximum Gasteiger partial charge on any atom is 0.257 e. The second-order valence-corrected chi connectivity index (χ2v) is 16.1. The molecule has 1 aliphatic heterocycles. The largest absolute Gasteiger partial charge is 0.392 e. The van der Waals surface area contributed by atoms with Crippen LogP contribution in [0.5, 0.6) is 0 Å². The van der Waals surface area contributed by atoms with E-state index in [9.17, 15) is 31.9 Å². The maximum atomic E-state index is 14.4. The fourth-order valence-corrected chi connectivity index (χ4v) is 7.95. The van der Waals surface area contributed by atoms with E-state index in [0.717, 1.165) is 54.7 Å². The average Bonchev–Trinajstić information content (AvgIpc) is 3.27. The molecule has 4 aromatic carbocycles. The van der Waals surface area contributed by atoms with E-state index in [-0.39, 0.29) is 31.3 Å². The number of hydrogen-bond acceptors (Lipinski definition) is 5. The van der Waals surface area contributed by atoms with Crippen molar-refractivity contribution in [2.75, 3.05) is 19.6 Å². The first kappa shape index (κ1) is 46.9. The lowest BCUT2D eigenvalue weighted by Gasteiger charge is -2.43. The van der Waals surface area contributed by atoms with Crippen LogP contribution in [0.4, 0.5) is 22.0 Å². The van der Waals surface area contributed by atoms with E-state index in [4.69, 9.17) is 9.47 Å². The van der Waals surface area contributed by atoms with Crippen LogP contribution in [0.2, 0.25) is 0 Å². The molecule has 0 radical (unpaired) electrons. The molecule has 0 saturated carbocycles. The maximum absolute atomic E-state index is 14.4. The molecule has 0 bridgehead atoms. The topological polar surface area (TPSA) is 71.0 Å². The number of carbonyl (C=O) groups is 1. The van der Waals surface area contributed by atoms with Gasteiger partial charge in [-0.15, -0.1) is 0 Å². The summed E-state index contributed by atoms with van der Waals surface area (Å²) in [6.07, 6.45) is 13.7. The summed E-state index contributed by atoms with van der Waals surface area (Å²) in [5.74, 6) is -12.5. The Morgan fingerprint density at radius 2 is 1.20 bits per heavy atom. The summed E-state index contributed by atoms with van der Waals surface area (Å²) < 4.78 is 83.6. The normalized spacial score (nSPS) is 18.0. The van der Waals surface area contributed by atoms with Crippen LogP contribution in [0.3, 0.4) is 0 Å². The number of unbranched alkanes of at least 4 members (excludes halogenated alkanes) is 10. The molecular formula is C49H61F5N2O4. The lowest BCUT2D eigenvalue weighted by Crippen LogP contribution is -2.45. The highest BCUT2D eigenvalue weighted by Crippen LogP contribution is 2.42. The minimum absolute atomic E-state index is 0.0315. The van der Waals surface area contributed by atoms with Crippen LogP contribution in [-0.2, 0) is 22.6 Å². The van der Waals surface area contributed by atoms with E-state index in [1.54, 1.807) is 18.2 Å². The molecule has 0 aromatic heterocycles. The number of aliphatic hydroxyl groups excluding tert-OH is 1. The summed E-state index contributed by atoms with van der Waals surface area (Å²) in [6, 6.07) is 22.6. The molecule has 4 atom stereocenters. The predicted molar refractivity (Wildman–Crippen MR) is 225 cm³/mol. The molecule has 60 heavy (non-hydrogen) atoms. The lowest BCUT2D eigenvalue weighted by atomic mass is 9.89. The summed E-state index contributed by atoms with van der Waals surface area (Å²) in [5, 5.41) is 12.0. The van der Waals surface area contributed by atoms with Crippen molar-refractivity contribution in [2.45, 2.75) is 129 Å². The van der Waals surface area contributed by atoms with Gasteiger partial charge in [0.1, 0.15) is 5.56 Å². The van der Waals surface area contributed by atoms with Gasteiger partial charge in [0.2, 0.25) is 5.82 Å². The molecule has 1 fully saturated rings. The van der Waals surface area contributed by atoms with Gasteiger partial charge >= 0.3 is 0 Å². The zero-order valence-corrected chi connectivity index (χ0v) is 35.3. The number of nitrogens with one attached hydrogen (secondary N) is 1. The highest BCUT2D eigenvalue weighted by atomic mass is 19.2. The number of nitrogens with zero attached hydrogens (tertiary/aromatic N) is 1. The summed E-state index contributed by atoms with van der Waals surface area (Å²) >= 11 is 0. The fourth-order valence-electron chi connectivity index (χ4n) is 7.95.